The third-order valence-electron chi connectivity index (χ3n) is 4.50. The molecule has 0 aliphatic heterocycles. The zero-order chi connectivity index (χ0) is 20.7. The van der Waals surface area contributed by atoms with E-state index < -0.39 is 12.0 Å². The van der Waals surface area contributed by atoms with E-state index in [9.17, 15) is 9.59 Å². The van der Waals surface area contributed by atoms with Crippen molar-refractivity contribution in [3.05, 3.63) is 24.3 Å². The van der Waals surface area contributed by atoms with Gasteiger partial charge in [-0.15, -0.1) is 10.2 Å². The topological polar surface area (TPSA) is 95.3 Å². The summed E-state index contributed by atoms with van der Waals surface area (Å²) in [5, 5.41) is 11.7. The largest absolute Gasteiger partial charge is 0.496 e. The highest BCUT2D eigenvalue weighted by atomic mass is 32.2. The summed E-state index contributed by atoms with van der Waals surface area (Å²) < 4.78 is 12.0. The van der Waals surface area contributed by atoms with Crippen LogP contribution in [0.2, 0.25) is 0 Å². The fourth-order valence-corrected chi connectivity index (χ4v) is 3.37. The molecule has 1 aromatic heterocycles. The van der Waals surface area contributed by atoms with E-state index in [1.807, 2.05) is 49.7 Å². The van der Waals surface area contributed by atoms with Crippen molar-refractivity contribution in [1.29, 1.82) is 0 Å². The Kier molecular flexibility index (Phi) is 7.86. The summed E-state index contributed by atoms with van der Waals surface area (Å²) >= 11 is 1.25. The van der Waals surface area contributed by atoms with E-state index in [1.165, 1.54) is 18.9 Å². The molecule has 0 saturated carbocycles. The number of carbonyl (C=O) groups excluding carboxylic acids is 2. The van der Waals surface area contributed by atoms with Gasteiger partial charge < -0.3 is 19.4 Å². The maximum atomic E-state index is 12.3. The van der Waals surface area contributed by atoms with E-state index in [0.717, 1.165) is 12.0 Å². The van der Waals surface area contributed by atoms with E-state index >= 15 is 0 Å². The van der Waals surface area contributed by atoms with Gasteiger partial charge in [-0.1, -0.05) is 44.2 Å². The second kappa shape index (κ2) is 10.1. The Morgan fingerprint density at radius 3 is 2.61 bits per heavy atom. The number of aromatic nitrogens is 3. The molecule has 2 aromatic rings. The van der Waals surface area contributed by atoms with Crippen molar-refractivity contribution in [2.75, 3.05) is 20.0 Å². The minimum atomic E-state index is -0.660. The summed E-state index contributed by atoms with van der Waals surface area (Å²) in [7, 11) is 4.75. The quantitative estimate of drug-likeness (QED) is 0.504. The lowest BCUT2D eigenvalue weighted by Crippen LogP contribution is -2.46. The van der Waals surface area contributed by atoms with E-state index in [2.05, 4.69) is 15.5 Å². The van der Waals surface area contributed by atoms with Gasteiger partial charge in [-0.05, 0) is 18.1 Å². The van der Waals surface area contributed by atoms with Gasteiger partial charge in [-0.2, -0.15) is 0 Å². The van der Waals surface area contributed by atoms with Crippen LogP contribution in [-0.4, -0.2) is 52.7 Å². The minimum absolute atomic E-state index is 0.0200. The average molecular weight is 407 g/mol. The Hall–Kier alpha value is -2.55. The second-order valence-electron chi connectivity index (χ2n) is 6.31. The van der Waals surface area contributed by atoms with Crippen molar-refractivity contribution in [3.8, 4) is 17.1 Å². The van der Waals surface area contributed by atoms with Crippen molar-refractivity contribution in [2.24, 2.45) is 13.0 Å². The van der Waals surface area contributed by atoms with Crippen molar-refractivity contribution in [3.63, 3.8) is 0 Å². The smallest absolute Gasteiger partial charge is 0.328 e. The number of nitrogens with zero attached hydrogens (tertiary/aromatic N) is 3. The highest BCUT2D eigenvalue weighted by molar-refractivity contribution is 7.99. The molecule has 1 aromatic carbocycles. The van der Waals surface area contributed by atoms with Crippen LogP contribution >= 0.6 is 11.8 Å². The summed E-state index contributed by atoms with van der Waals surface area (Å²) in [6.07, 6.45) is 0.749. The van der Waals surface area contributed by atoms with Gasteiger partial charge in [0.1, 0.15) is 11.8 Å². The van der Waals surface area contributed by atoms with Crippen LogP contribution in [0.25, 0.3) is 11.4 Å². The molecule has 8 nitrogen and oxygen atoms in total. The van der Waals surface area contributed by atoms with Gasteiger partial charge >= 0.3 is 5.97 Å². The molecule has 0 unspecified atom stereocenters. The first-order valence-electron chi connectivity index (χ1n) is 8.95. The maximum absolute atomic E-state index is 12.3. The van der Waals surface area contributed by atoms with E-state index in [1.54, 1.807) is 7.11 Å². The predicted molar refractivity (Wildman–Crippen MR) is 107 cm³/mol. The molecule has 0 spiro atoms. The van der Waals surface area contributed by atoms with Crippen LogP contribution in [0.4, 0.5) is 0 Å². The fourth-order valence-electron chi connectivity index (χ4n) is 2.65. The molecule has 28 heavy (non-hydrogen) atoms. The number of hydrogen-bond donors (Lipinski definition) is 1. The van der Waals surface area contributed by atoms with Gasteiger partial charge in [0, 0.05) is 7.05 Å². The molecule has 0 fully saturated rings. The van der Waals surface area contributed by atoms with Gasteiger partial charge in [0.25, 0.3) is 0 Å². The van der Waals surface area contributed by atoms with Crippen LogP contribution < -0.4 is 10.1 Å². The lowest BCUT2D eigenvalue weighted by Gasteiger charge is -2.21. The number of amides is 1. The molecule has 1 heterocycles. The average Bonchev–Trinajstić information content (AvgIpc) is 3.09. The SMILES string of the molecule is CC[C@@H](C)[C@@H](NC(=O)CSc1nnc(-c2ccccc2OC)n1C)C(=O)OC. The van der Waals surface area contributed by atoms with Crippen LogP contribution in [0, 0.1) is 5.92 Å². The number of esters is 1. The molecule has 0 radical (unpaired) electrons. The molecule has 0 bridgehead atoms. The van der Waals surface area contributed by atoms with Gasteiger partial charge in [0.05, 0.1) is 25.5 Å². The minimum Gasteiger partial charge on any atom is -0.496 e. The normalized spacial score (nSPS) is 12.9. The number of ether oxygens (including phenoxy) is 2. The van der Waals surface area contributed by atoms with Crippen molar-refractivity contribution >= 4 is 23.6 Å². The molecule has 1 amide bonds. The Morgan fingerprint density at radius 2 is 1.96 bits per heavy atom. The zero-order valence-corrected chi connectivity index (χ0v) is 17.6. The Bertz CT molecular complexity index is 824. The summed E-state index contributed by atoms with van der Waals surface area (Å²) in [4.78, 5) is 24.3. The lowest BCUT2D eigenvalue weighted by molar-refractivity contribution is -0.146. The molecule has 0 aliphatic carbocycles. The monoisotopic (exact) mass is 406 g/mol. The van der Waals surface area contributed by atoms with Crippen molar-refractivity contribution in [1.82, 2.24) is 20.1 Å². The number of nitrogens with one attached hydrogen (secondary N) is 1. The molecular formula is C19H26N4O4S. The highest BCUT2D eigenvalue weighted by Crippen LogP contribution is 2.29. The van der Waals surface area contributed by atoms with Gasteiger partial charge in [-0.25, -0.2) is 4.79 Å². The van der Waals surface area contributed by atoms with Crippen LogP contribution in [0.15, 0.2) is 29.4 Å². The standard InChI is InChI=1S/C19H26N4O4S/c1-6-12(2)16(18(25)27-5)20-15(24)11-28-19-22-21-17(23(19)3)13-9-7-8-10-14(13)26-4/h7-10,12,16H,6,11H2,1-5H3,(H,20,24)/t12-,16-/m1/s1. The first-order chi connectivity index (χ1) is 13.4. The van der Waals surface area contributed by atoms with Gasteiger partial charge in [0.15, 0.2) is 11.0 Å². The van der Waals surface area contributed by atoms with E-state index in [4.69, 9.17) is 9.47 Å². The zero-order valence-electron chi connectivity index (χ0n) is 16.8. The Morgan fingerprint density at radius 1 is 1.25 bits per heavy atom. The summed E-state index contributed by atoms with van der Waals surface area (Å²) in [5.74, 6) is 0.733. The molecule has 2 rings (SSSR count). The fraction of sp³-hybridized carbons (Fsp3) is 0.474. The predicted octanol–water partition coefficient (Wildman–Crippen LogP) is 2.29. The third kappa shape index (κ3) is 5.03. The summed E-state index contributed by atoms with van der Waals surface area (Å²) in [6.45, 7) is 3.86. The molecule has 0 saturated heterocycles. The number of para-hydroxylation sites is 1. The number of thioether (sulfide) groups is 1. The van der Waals surface area contributed by atoms with Crippen LogP contribution in [0.1, 0.15) is 20.3 Å². The number of hydrogen-bond acceptors (Lipinski definition) is 7. The first kappa shape index (κ1) is 21.7. The van der Waals surface area contributed by atoms with Crippen LogP contribution in [-0.2, 0) is 21.4 Å². The molecule has 1 N–H and O–H groups in total. The summed E-state index contributed by atoms with van der Waals surface area (Å²) in [6, 6.07) is 6.87. The number of methoxy groups -OCH3 is 2. The second-order valence-corrected chi connectivity index (χ2v) is 7.25. The van der Waals surface area contributed by atoms with Gasteiger partial charge in [0.2, 0.25) is 5.91 Å². The molecule has 0 aliphatic rings. The highest BCUT2D eigenvalue weighted by Gasteiger charge is 2.26. The molecular weight excluding hydrogens is 380 g/mol. The van der Waals surface area contributed by atoms with Crippen molar-refractivity contribution in [2.45, 2.75) is 31.5 Å². The molecule has 152 valence electrons. The Labute approximate surface area is 169 Å². The maximum Gasteiger partial charge on any atom is 0.328 e. The van der Waals surface area contributed by atoms with Gasteiger partial charge in [-0.3, -0.25) is 4.79 Å². The van der Waals surface area contributed by atoms with Crippen molar-refractivity contribution < 1.29 is 19.1 Å². The van der Waals surface area contributed by atoms with Crippen LogP contribution in [0.3, 0.4) is 0 Å². The molecule has 2 atom stereocenters. The lowest BCUT2D eigenvalue weighted by atomic mass is 9.99. The first-order valence-corrected chi connectivity index (χ1v) is 9.94. The Balaban J connectivity index is 2.06. The van der Waals surface area contributed by atoms with Crippen LogP contribution in [0.5, 0.6) is 5.75 Å². The number of carbonyl (C=O) groups is 2. The third-order valence-corrected chi connectivity index (χ3v) is 5.52. The number of rotatable bonds is 9. The summed E-state index contributed by atoms with van der Waals surface area (Å²) in [5.41, 5.74) is 0.818. The number of benzene rings is 1. The van der Waals surface area contributed by atoms with E-state index in [0.29, 0.717) is 16.7 Å². The van der Waals surface area contributed by atoms with E-state index in [-0.39, 0.29) is 17.6 Å². The molecule has 9 heteroatoms.